The summed E-state index contributed by atoms with van der Waals surface area (Å²) in [5, 5.41) is 2.82. The molecule has 0 bridgehead atoms. The quantitative estimate of drug-likeness (QED) is 0.768. The highest BCUT2D eigenvalue weighted by atomic mass is 32.2. The first-order valence-electron chi connectivity index (χ1n) is 8.01. The van der Waals surface area contributed by atoms with E-state index in [1.54, 1.807) is 24.3 Å². The van der Waals surface area contributed by atoms with Gasteiger partial charge in [0, 0.05) is 31.9 Å². The molecule has 1 saturated heterocycles. The topological polar surface area (TPSA) is 75.7 Å². The van der Waals surface area contributed by atoms with E-state index in [0.717, 1.165) is 12.8 Å². The summed E-state index contributed by atoms with van der Waals surface area (Å²) >= 11 is 0. The van der Waals surface area contributed by atoms with Crippen molar-refractivity contribution in [1.82, 2.24) is 5.32 Å². The molecule has 0 radical (unpaired) electrons. The van der Waals surface area contributed by atoms with E-state index >= 15 is 0 Å². The summed E-state index contributed by atoms with van der Waals surface area (Å²) in [6.45, 7) is 4.30. The lowest BCUT2D eigenvalue weighted by Gasteiger charge is -2.28. The number of anilines is 1. The molecule has 1 aliphatic rings. The number of hydrogen-bond acceptors (Lipinski definition) is 4. The predicted octanol–water partition coefficient (Wildman–Crippen LogP) is 1.77. The fourth-order valence-electron chi connectivity index (χ4n) is 2.48. The Morgan fingerprint density at radius 2 is 2.00 bits per heavy atom. The summed E-state index contributed by atoms with van der Waals surface area (Å²) in [7, 11) is -3.21. The van der Waals surface area contributed by atoms with Gasteiger partial charge in [0.05, 0.1) is 11.4 Å². The van der Waals surface area contributed by atoms with Crippen LogP contribution in [0.3, 0.4) is 0 Å². The zero-order valence-corrected chi connectivity index (χ0v) is 14.3. The normalized spacial score (nSPS) is 17.0. The van der Waals surface area contributed by atoms with E-state index in [1.807, 2.05) is 6.92 Å². The summed E-state index contributed by atoms with van der Waals surface area (Å²) in [6, 6.07) is 6.71. The fourth-order valence-corrected chi connectivity index (χ4v) is 4.12. The Hall–Kier alpha value is -1.60. The molecule has 0 aromatic heterocycles. The average Bonchev–Trinajstić information content (AvgIpc) is 2.54. The molecule has 1 fully saturated rings. The maximum absolute atomic E-state index is 12.1. The molecule has 2 rings (SSSR count). The van der Waals surface area contributed by atoms with Gasteiger partial charge in [-0.15, -0.1) is 0 Å². The third kappa shape index (κ3) is 4.94. The van der Waals surface area contributed by atoms with Crippen LogP contribution < -0.4 is 9.62 Å². The van der Waals surface area contributed by atoms with Crippen LogP contribution in [0.5, 0.6) is 0 Å². The summed E-state index contributed by atoms with van der Waals surface area (Å²) in [6.07, 6.45) is 2.34. The minimum atomic E-state index is -3.21. The Bertz CT molecular complexity index is 613. The molecular weight excluding hydrogens is 316 g/mol. The molecule has 1 aliphatic heterocycles. The average molecular weight is 340 g/mol. The van der Waals surface area contributed by atoms with Gasteiger partial charge < -0.3 is 10.1 Å². The maximum atomic E-state index is 12.1. The predicted molar refractivity (Wildman–Crippen MR) is 90.3 cm³/mol. The van der Waals surface area contributed by atoms with Gasteiger partial charge >= 0.3 is 0 Å². The van der Waals surface area contributed by atoms with E-state index in [9.17, 15) is 13.2 Å². The van der Waals surface area contributed by atoms with Gasteiger partial charge in [-0.05, 0) is 50.5 Å². The third-order valence-corrected chi connectivity index (χ3v) is 5.59. The van der Waals surface area contributed by atoms with Crippen molar-refractivity contribution >= 4 is 21.6 Å². The number of nitrogens with one attached hydrogen (secondary N) is 1. The number of nitrogens with zero attached hydrogens (tertiary/aromatic N) is 1. The largest absolute Gasteiger partial charge is 0.382 e. The fraction of sp³-hybridized carbons (Fsp3) is 0.562. The van der Waals surface area contributed by atoms with E-state index < -0.39 is 10.0 Å². The number of rotatable bonds is 7. The molecule has 6 nitrogen and oxygen atoms in total. The van der Waals surface area contributed by atoms with Crippen molar-refractivity contribution < 1.29 is 17.9 Å². The van der Waals surface area contributed by atoms with Crippen molar-refractivity contribution in [2.75, 3.05) is 36.4 Å². The second-order valence-corrected chi connectivity index (χ2v) is 7.46. The first kappa shape index (κ1) is 17.7. The zero-order valence-electron chi connectivity index (χ0n) is 13.5. The summed E-state index contributed by atoms with van der Waals surface area (Å²) in [4.78, 5) is 12.0. The summed E-state index contributed by atoms with van der Waals surface area (Å²) in [5.41, 5.74) is 1.15. The summed E-state index contributed by atoms with van der Waals surface area (Å²) < 4.78 is 30.8. The molecule has 0 spiro atoms. The number of amides is 1. The number of benzene rings is 1. The Balaban J connectivity index is 1.92. The van der Waals surface area contributed by atoms with Gasteiger partial charge in [0.25, 0.3) is 5.91 Å². The van der Waals surface area contributed by atoms with Crippen LogP contribution in [0.1, 0.15) is 36.5 Å². The number of hydrogen-bond donors (Lipinski definition) is 1. The standard InChI is InChI=1S/C16H24N2O4S/c1-2-22-12-5-10-17-16(19)14-6-8-15(9-7-14)18-11-3-4-13-23(18,20)21/h6-9H,2-5,10-13H2,1H3,(H,17,19). The molecule has 0 saturated carbocycles. The van der Waals surface area contributed by atoms with E-state index in [4.69, 9.17) is 4.74 Å². The van der Waals surface area contributed by atoms with Gasteiger partial charge in [0.15, 0.2) is 0 Å². The molecule has 1 aromatic rings. The number of sulfonamides is 1. The second kappa shape index (κ2) is 8.31. The van der Waals surface area contributed by atoms with Gasteiger partial charge in [0.2, 0.25) is 10.0 Å². The highest BCUT2D eigenvalue weighted by Crippen LogP contribution is 2.23. The number of carbonyl (C=O) groups is 1. The van der Waals surface area contributed by atoms with E-state index in [0.29, 0.717) is 44.0 Å². The smallest absolute Gasteiger partial charge is 0.251 e. The van der Waals surface area contributed by atoms with E-state index in [1.165, 1.54) is 4.31 Å². The molecule has 23 heavy (non-hydrogen) atoms. The minimum absolute atomic E-state index is 0.158. The molecular formula is C16H24N2O4S. The van der Waals surface area contributed by atoms with Crippen molar-refractivity contribution in [3.05, 3.63) is 29.8 Å². The first-order valence-corrected chi connectivity index (χ1v) is 9.62. The molecule has 1 heterocycles. The Morgan fingerprint density at radius 3 is 2.65 bits per heavy atom. The summed E-state index contributed by atoms with van der Waals surface area (Å²) in [5.74, 6) is 0.0317. The van der Waals surface area contributed by atoms with Crippen molar-refractivity contribution in [2.45, 2.75) is 26.2 Å². The first-order chi connectivity index (χ1) is 11.0. The molecule has 0 unspecified atom stereocenters. The molecule has 1 N–H and O–H groups in total. The monoisotopic (exact) mass is 340 g/mol. The molecule has 1 aromatic carbocycles. The molecule has 0 atom stereocenters. The highest BCUT2D eigenvalue weighted by Gasteiger charge is 2.25. The minimum Gasteiger partial charge on any atom is -0.382 e. The van der Waals surface area contributed by atoms with Crippen LogP contribution in [0.2, 0.25) is 0 Å². The SMILES string of the molecule is CCOCCCNC(=O)c1ccc(N2CCCCS2(=O)=O)cc1. The van der Waals surface area contributed by atoms with Crippen LogP contribution in [0.25, 0.3) is 0 Å². The number of carbonyl (C=O) groups excluding carboxylic acids is 1. The van der Waals surface area contributed by atoms with Gasteiger partial charge in [-0.1, -0.05) is 0 Å². The third-order valence-electron chi connectivity index (χ3n) is 3.72. The van der Waals surface area contributed by atoms with Crippen molar-refractivity contribution in [1.29, 1.82) is 0 Å². The van der Waals surface area contributed by atoms with Gasteiger partial charge in [-0.2, -0.15) is 0 Å². The van der Waals surface area contributed by atoms with Crippen molar-refractivity contribution in [3.8, 4) is 0 Å². The lowest BCUT2D eigenvalue weighted by molar-refractivity contribution is 0.0944. The second-order valence-electron chi connectivity index (χ2n) is 5.45. The van der Waals surface area contributed by atoms with Crippen LogP contribution in [-0.2, 0) is 14.8 Å². The van der Waals surface area contributed by atoms with Crippen LogP contribution >= 0.6 is 0 Å². The molecule has 0 aliphatic carbocycles. The van der Waals surface area contributed by atoms with E-state index in [-0.39, 0.29) is 11.7 Å². The lowest BCUT2D eigenvalue weighted by atomic mass is 10.2. The van der Waals surface area contributed by atoms with E-state index in [2.05, 4.69) is 5.32 Å². The lowest BCUT2D eigenvalue weighted by Crippen LogP contribution is -2.37. The molecule has 1 amide bonds. The zero-order chi connectivity index (χ0) is 16.7. The van der Waals surface area contributed by atoms with Gasteiger partial charge in [0.1, 0.15) is 0 Å². The van der Waals surface area contributed by atoms with Gasteiger partial charge in [-0.3, -0.25) is 9.10 Å². The van der Waals surface area contributed by atoms with Crippen LogP contribution in [-0.4, -0.2) is 46.4 Å². The van der Waals surface area contributed by atoms with Crippen LogP contribution in [0, 0.1) is 0 Å². The number of ether oxygens (including phenoxy) is 1. The Kier molecular flexibility index (Phi) is 6.41. The Morgan fingerprint density at radius 1 is 1.26 bits per heavy atom. The molecule has 128 valence electrons. The maximum Gasteiger partial charge on any atom is 0.251 e. The van der Waals surface area contributed by atoms with Crippen LogP contribution in [0.15, 0.2) is 24.3 Å². The van der Waals surface area contributed by atoms with Gasteiger partial charge in [-0.25, -0.2) is 8.42 Å². The van der Waals surface area contributed by atoms with Crippen LogP contribution in [0.4, 0.5) is 5.69 Å². The Labute approximate surface area is 137 Å². The van der Waals surface area contributed by atoms with Crippen molar-refractivity contribution in [2.24, 2.45) is 0 Å². The van der Waals surface area contributed by atoms with Crippen molar-refractivity contribution in [3.63, 3.8) is 0 Å². The molecule has 7 heteroatoms. The highest BCUT2D eigenvalue weighted by molar-refractivity contribution is 7.92.